The van der Waals surface area contributed by atoms with Gasteiger partial charge in [-0.25, -0.2) is 0 Å². The first kappa shape index (κ1) is 24.4. The normalized spacial score (nSPS) is 16.0. The summed E-state index contributed by atoms with van der Waals surface area (Å²) in [6, 6.07) is 0. The number of hydrogen-bond acceptors (Lipinski definition) is 2. The van der Waals surface area contributed by atoms with Gasteiger partial charge in [0.15, 0.2) is 8.32 Å². The molecule has 25 heavy (non-hydrogen) atoms. The third-order valence-corrected chi connectivity index (χ3v) is 9.79. The summed E-state index contributed by atoms with van der Waals surface area (Å²) in [6.45, 7) is 20.5. The van der Waals surface area contributed by atoms with E-state index < -0.39 is 14.3 Å². The van der Waals surface area contributed by atoms with Crippen molar-refractivity contribution in [2.45, 2.75) is 85.9 Å². The lowest BCUT2D eigenvalue weighted by atomic mass is 9.82. The summed E-state index contributed by atoms with van der Waals surface area (Å²) < 4.78 is 6.26. The van der Waals surface area contributed by atoms with E-state index in [4.69, 9.17) is 4.43 Å². The highest BCUT2D eigenvalue weighted by atomic mass is 28.4. The molecule has 0 unspecified atom stereocenters. The summed E-state index contributed by atoms with van der Waals surface area (Å²) in [5.41, 5.74) is 0. The summed E-state index contributed by atoms with van der Waals surface area (Å²) in [6.07, 6.45) is 6.81. The van der Waals surface area contributed by atoms with E-state index in [1.54, 1.807) is 0 Å². The minimum absolute atomic E-state index is 0.0883. The van der Waals surface area contributed by atoms with Crippen LogP contribution in [0.4, 0.5) is 0 Å². The molecule has 0 spiro atoms. The molecule has 0 aliphatic rings. The third kappa shape index (κ3) is 9.60. The minimum atomic E-state index is -1.72. The van der Waals surface area contributed by atoms with Crippen LogP contribution in [0.2, 0.25) is 18.1 Å². The maximum Gasteiger partial charge on any atom is 0.307 e. The number of carboxylic acid groups (broad SMARTS) is 1. The fourth-order valence-electron chi connectivity index (χ4n) is 2.63. The van der Waals surface area contributed by atoms with E-state index in [1.165, 1.54) is 0 Å². The van der Waals surface area contributed by atoms with Crippen LogP contribution in [0.1, 0.15) is 67.7 Å². The van der Waals surface area contributed by atoms with Gasteiger partial charge < -0.3 is 9.53 Å². The van der Waals surface area contributed by atoms with Crippen LogP contribution in [-0.2, 0) is 9.22 Å². The van der Waals surface area contributed by atoms with Crippen LogP contribution in [0, 0.1) is 23.7 Å². The summed E-state index contributed by atoms with van der Waals surface area (Å²) in [5.74, 6) is -0.0513. The number of carboxylic acids is 1. The molecule has 0 aromatic rings. The lowest BCUT2D eigenvalue weighted by molar-refractivity contribution is -0.143. The summed E-state index contributed by atoms with van der Waals surface area (Å²) in [4.78, 5) is 11.8. The lowest BCUT2D eigenvalue weighted by Crippen LogP contribution is -2.41. The van der Waals surface area contributed by atoms with Crippen molar-refractivity contribution in [1.82, 2.24) is 0 Å². The van der Waals surface area contributed by atoms with Gasteiger partial charge in [-0.3, -0.25) is 4.79 Å². The molecule has 1 N–H and O–H groups in total. The molecule has 0 saturated heterocycles. The first-order valence-electron chi connectivity index (χ1n) is 9.83. The van der Waals surface area contributed by atoms with Crippen LogP contribution >= 0.6 is 0 Å². The Morgan fingerprint density at radius 3 is 2.08 bits per heavy atom. The molecule has 0 radical (unpaired) electrons. The molecule has 0 rings (SSSR count). The van der Waals surface area contributed by atoms with Crippen molar-refractivity contribution in [3.05, 3.63) is 12.2 Å². The molecule has 0 aliphatic carbocycles. The Morgan fingerprint density at radius 1 is 1.12 bits per heavy atom. The highest BCUT2D eigenvalue weighted by Gasteiger charge is 2.37. The van der Waals surface area contributed by atoms with Gasteiger partial charge >= 0.3 is 5.97 Å². The molecule has 148 valence electrons. The zero-order valence-electron chi connectivity index (χ0n) is 18.1. The van der Waals surface area contributed by atoms with Gasteiger partial charge in [0.05, 0.1) is 5.92 Å². The monoisotopic (exact) mass is 370 g/mol. The predicted octanol–water partition coefficient (Wildman–Crippen LogP) is 6.36. The Kier molecular flexibility index (Phi) is 10.3. The number of hydrogen-bond donors (Lipinski definition) is 1. The van der Waals surface area contributed by atoms with Gasteiger partial charge in [-0.1, -0.05) is 60.6 Å². The Labute approximate surface area is 157 Å². The Bertz CT molecular complexity index is 419. The highest BCUT2D eigenvalue weighted by Crippen LogP contribution is 2.36. The molecule has 2 atom stereocenters. The summed E-state index contributed by atoms with van der Waals surface area (Å²) in [5, 5.41) is 9.91. The van der Waals surface area contributed by atoms with Crippen molar-refractivity contribution in [3.8, 4) is 0 Å². The van der Waals surface area contributed by atoms with E-state index in [2.05, 4.69) is 73.7 Å². The van der Waals surface area contributed by atoms with Crippen LogP contribution in [0.3, 0.4) is 0 Å². The molecule has 4 heteroatoms. The quantitative estimate of drug-likeness (QED) is 0.261. The maximum absolute atomic E-state index is 11.8. The SMILES string of the molecule is CC(C)/C=C/[C@@H](CCCO[Si](C)(C)C(C)(C)C)[C@@H](CC(C)C)C(=O)O. The van der Waals surface area contributed by atoms with Gasteiger partial charge in [0.2, 0.25) is 0 Å². The van der Waals surface area contributed by atoms with Crippen molar-refractivity contribution in [2.24, 2.45) is 23.7 Å². The molecule has 3 nitrogen and oxygen atoms in total. The van der Waals surface area contributed by atoms with E-state index in [0.717, 1.165) is 25.9 Å². The molecular weight excluding hydrogens is 328 g/mol. The first-order valence-corrected chi connectivity index (χ1v) is 12.7. The van der Waals surface area contributed by atoms with Crippen molar-refractivity contribution in [3.63, 3.8) is 0 Å². The van der Waals surface area contributed by atoms with E-state index in [9.17, 15) is 9.90 Å². The van der Waals surface area contributed by atoms with E-state index in [-0.39, 0.29) is 16.9 Å². The fourth-order valence-corrected chi connectivity index (χ4v) is 3.71. The van der Waals surface area contributed by atoms with Gasteiger partial charge in [0, 0.05) is 6.61 Å². The predicted molar refractivity (Wildman–Crippen MR) is 110 cm³/mol. The third-order valence-electron chi connectivity index (χ3n) is 5.25. The average molecular weight is 371 g/mol. The van der Waals surface area contributed by atoms with Crippen LogP contribution in [-0.4, -0.2) is 26.0 Å². The second kappa shape index (κ2) is 10.5. The molecule has 0 fully saturated rings. The average Bonchev–Trinajstić information content (AvgIpc) is 2.42. The molecule has 0 aromatic carbocycles. The van der Waals surface area contributed by atoms with E-state index in [0.29, 0.717) is 11.8 Å². The second-order valence-electron chi connectivity index (χ2n) is 9.62. The molecular formula is C21H42O3Si. The first-order chi connectivity index (χ1) is 11.3. The van der Waals surface area contributed by atoms with Crippen molar-refractivity contribution in [1.29, 1.82) is 0 Å². The summed E-state index contributed by atoms with van der Waals surface area (Å²) in [7, 11) is -1.72. The lowest BCUT2D eigenvalue weighted by Gasteiger charge is -2.36. The van der Waals surface area contributed by atoms with Gasteiger partial charge in [-0.05, 0) is 55.1 Å². The van der Waals surface area contributed by atoms with Crippen LogP contribution < -0.4 is 0 Å². The summed E-state index contributed by atoms with van der Waals surface area (Å²) >= 11 is 0. The van der Waals surface area contributed by atoms with Gasteiger partial charge in [-0.15, -0.1) is 0 Å². The fraction of sp³-hybridized carbons (Fsp3) is 0.857. The smallest absolute Gasteiger partial charge is 0.307 e. The second-order valence-corrected chi connectivity index (χ2v) is 14.4. The van der Waals surface area contributed by atoms with Gasteiger partial charge in [0.1, 0.15) is 0 Å². The van der Waals surface area contributed by atoms with Crippen molar-refractivity contribution < 1.29 is 14.3 Å². The van der Waals surface area contributed by atoms with Crippen LogP contribution in [0.5, 0.6) is 0 Å². The van der Waals surface area contributed by atoms with Gasteiger partial charge in [-0.2, -0.15) is 0 Å². The van der Waals surface area contributed by atoms with Crippen LogP contribution in [0.25, 0.3) is 0 Å². The van der Waals surface area contributed by atoms with Crippen molar-refractivity contribution in [2.75, 3.05) is 6.61 Å². The van der Waals surface area contributed by atoms with E-state index in [1.807, 2.05) is 0 Å². The highest BCUT2D eigenvalue weighted by molar-refractivity contribution is 6.74. The largest absolute Gasteiger partial charge is 0.481 e. The Morgan fingerprint density at radius 2 is 1.68 bits per heavy atom. The zero-order valence-corrected chi connectivity index (χ0v) is 19.1. The van der Waals surface area contributed by atoms with Gasteiger partial charge in [0.25, 0.3) is 0 Å². The van der Waals surface area contributed by atoms with Crippen molar-refractivity contribution >= 4 is 14.3 Å². The van der Waals surface area contributed by atoms with E-state index >= 15 is 0 Å². The molecule has 0 saturated carbocycles. The number of carbonyl (C=O) groups is 1. The number of rotatable bonds is 11. The topological polar surface area (TPSA) is 46.5 Å². The molecule has 0 aromatic heterocycles. The number of allylic oxidation sites excluding steroid dienone is 2. The Balaban J connectivity index is 4.88. The zero-order chi connectivity index (χ0) is 19.8. The molecule has 0 bridgehead atoms. The van der Waals surface area contributed by atoms with Crippen LogP contribution in [0.15, 0.2) is 12.2 Å². The maximum atomic E-state index is 11.8. The molecule has 0 amide bonds. The minimum Gasteiger partial charge on any atom is -0.481 e. The standard InChI is InChI=1S/C21H42O3Si/c1-16(2)12-13-18(19(20(22)23)15-17(3)4)11-10-14-24-25(8,9)21(5,6)7/h12-13,16-19H,10-11,14-15H2,1-9H3,(H,22,23)/b13-12+/t18-,19-/m1/s1. The molecule has 0 heterocycles. The Hall–Kier alpha value is -0.613. The molecule has 0 aliphatic heterocycles. The number of aliphatic carboxylic acids is 1.